The van der Waals surface area contributed by atoms with Crippen molar-refractivity contribution in [1.82, 2.24) is 5.32 Å². The predicted octanol–water partition coefficient (Wildman–Crippen LogP) is 1.41. The van der Waals surface area contributed by atoms with Crippen LogP contribution in [-0.2, 0) is 22.4 Å². The molecule has 1 unspecified atom stereocenters. The summed E-state index contributed by atoms with van der Waals surface area (Å²) in [6, 6.07) is 6.50. The fraction of sp³-hybridized carbons (Fsp3) is 0.571. The molecule has 4 nitrogen and oxygen atoms in total. The molecule has 1 atom stereocenters. The number of methoxy groups -OCH3 is 2. The van der Waals surface area contributed by atoms with E-state index in [2.05, 4.69) is 28.8 Å². The van der Waals surface area contributed by atoms with Crippen LogP contribution in [0.2, 0.25) is 0 Å². The minimum Gasteiger partial charge on any atom is -0.384 e. The van der Waals surface area contributed by atoms with Crippen LogP contribution in [0, 0.1) is 0 Å². The highest BCUT2D eigenvalue weighted by Gasteiger charge is 2.13. The molecular formula is C14H22N2O2. The quantitative estimate of drug-likeness (QED) is 0.768. The predicted molar refractivity (Wildman–Crippen MR) is 73.0 cm³/mol. The zero-order valence-corrected chi connectivity index (χ0v) is 11.2. The van der Waals surface area contributed by atoms with Crippen molar-refractivity contribution in [2.75, 3.05) is 39.2 Å². The summed E-state index contributed by atoms with van der Waals surface area (Å²) in [5.74, 6) is 0. The molecule has 0 saturated heterocycles. The van der Waals surface area contributed by atoms with E-state index >= 15 is 0 Å². The highest BCUT2D eigenvalue weighted by atomic mass is 16.5. The first-order valence-corrected chi connectivity index (χ1v) is 6.42. The van der Waals surface area contributed by atoms with Crippen LogP contribution in [0.1, 0.15) is 11.1 Å². The maximum absolute atomic E-state index is 5.32. The topological polar surface area (TPSA) is 42.5 Å². The van der Waals surface area contributed by atoms with Crippen LogP contribution >= 0.6 is 0 Å². The molecule has 1 heterocycles. The number of benzene rings is 1. The summed E-state index contributed by atoms with van der Waals surface area (Å²) in [7, 11) is 3.41. The normalized spacial score (nSPS) is 15.2. The maximum Gasteiger partial charge on any atom is 0.0928 e. The average molecular weight is 250 g/mol. The van der Waals surface area contributed by atoms with Gasteiger partial charge < -0.3 is 20.1 Å². The lowest BCUT2D eigenvalue weighted by Gasteiger charge is -2.16. The zero-order chi connectivity index (χ0) is 12.8. The van der Waals surface area contributed by atoms with Gasteiger partial charge in [0.1, 0.15) is 0 Å². The molecule has 0 aromatic heterocycles. The summed E-state index contributed by atoms with van der Waals surface area (Å²) >= 11 is 0. The Labute approximate surface area is 109 Å². The Balaban J connectivity index is 1.85. The highest BCUT2D eigenvalue weighted by Crippen LogP contribution is 2.26. The second-order valence-corrected chi connectivity index (χ2v) is 4.57. The molecular weight excluding hydrogens is 228 g/mol. The van der Waals surface area contributed by atoms with Gasteiger partial charge in [0.05, 0.1) is 12.7 Å². The van der Waals surface area contributed by atoms with Crippen LogP contribution in [0.3, 0.4) is 0 Å². The third-order valence-corrected chi connectivity index (χ3v) is 3.31. The third-order valence-electron chi connectivity index (χ3n) is 3.31. The fourth-order valence-corrected chi connectivity index (χ4v) is 2.32. The third kappa shape index (κ3) is 3.22. The van der Waals surface area contributed by atoms with Crippen molar-refractivity contribution in [2.24, 2.45) is 0 Å². The Morgan fingerprint density at radius 3 is 3.06 bits per heavy atom. The van der Waals surface area contributed by atoms with Crippen molar-refractivity contribution in [2.45, 2.75) is 19.1 Å². The van der Waals surface area contributed by atoms with E-state index in [1.165, 1.54) is 16.8 Å². The smallest absolute Gasteiger partial charge is 0.0928 e. The second-order valence-electron chi connectivity index (χ2n) is 4.57. The van der Waals surface area contributed by atoms with E-state index in [1.54, 1.807) is 14.2 Å². The first kappa shape index (κ1) is 13.3. The molecule has 1 aliphatic heterocycles. The van der Waals surface area contributed by atoms with E-state index in [9.17, 15) is 0 Å². The van der Waals surface area contributed by atoms with Crippen LogP contribution < -0.4 is 10.6 Å². The lowest BCUT2D eigenvalue weighted by atomic mass is 10.1. The number of hydrogen-bond acceptors (Lipinski definition) is 4. The number of ether oxygens (including phenoxy) is 2. The molecule has 4 heteroatoms. The minimum absolute atomic E-state index is 0.111. The molecule has 100 valence electrons. The van der Waals surface area contributed by atoms with Gasteiger partial charge in [-0.3, -0.25) is 0 Å². The van der Waals surface area contributed by atoms with Gasteiger partial charge in [-0.15, -0.1) is 0 Å². The number of hydrogen-bond donors (Lipinski definition) is 2. The van der Waals surface area contributed by atoms with Gasteiger partial charge in [-0.1, -0.05) is 18.2 Å². The largest absolute Gasteiger partial charge is 0.384 e. The Hall–Kier alpha value is -1.10. The first-order valence-electron chi connectivity index (χ1n) is 6.42. The SMILES string of the molecule is COCC(CNCc1cccc2c1NCC2)OC. The van der Waals surface area contributed by atoms with Crippen molar-refractivity contribution in [3.63, 3.8) is 0 Å². The van der Waals surface area contributed by atoms with Gasteiger partial charge in [-0.25, -0.2) is 0 Å². The van der Waals surface area contributed by atoms with Crippen LogP contribution in [0.15, 0.2) is 18.2 Å². The second kappa shape index (κ2) is 6.73. The minimum atomic E-state index is 0.111. The number of rotatable bonds is 7. The molecule has 0 fully saturated rings. The van der Waals surface area contributed by atoms with Gasteiger partial charge >= 0.3 is 0 Å². The highest BCUT2D eigenvalue weighted by molar-refractivity contribution is 5.61. The van der Waals surface area contributed by atoms with E-state index in [1.807, 2.05) is 0 Å². The van der Waals surface area contributed by atoms with Gasteiger partial charge in [0.15, 0.2) is 0 Å². The Morgan fingerprint density at radius 2 is 2.28 bits per heavy atom. The summed E-state index contributed by atoms with van der Waals surface area (Å²) in [4.78, 5) is 0. The van der Waals surface area contributed by atoms with Crippen molar-refractivity contribution in [1.29, 1.82) is 0 Å². The van der Waals surface area contributed by atoms with Crippen molar-refractivity contribution >= 4 is 5.69 Å². The Kier molecular flexibility index (Phi) is 4.99. The molecule has 2 N–H and O–H groups in total. The van der Waals surface area contributed by atoms with E-state index in [-0.39, 0.29) is 6.10 Å². The molecule has 0 saturated carbocycles. The van der Waals surface area contributed by atoms with Gasteiger partial charge in [-0.05, 0) is 17.5 Å². The zero-order valence-electron chi connectivity index (χ0n) is 11.2. The molecule has 1 aromatic carbocycles. The van der Waals surface area contributed by atoms with E-state index in [0.29, 0.717) is 6.61 Å². The maximum atomic E-state index is 5.32. The average Bonchev–Trinajstić information content (AvgIpc) is 2.86. The van der Waals surface area contributed by atoms with Gasteiger partial charge in [0, 0.05) is 39.5 Å². The molecule has 0 aliphatic carbocycles. The number of para-hydroxylation sites is 1. The van der Waals surface area contributed by atoms with Crippen LogP contribution in [0.4, 0.5) is 5.69 Å². The summed E-state index contributed by atoms with van der Waals surface area (Å²) in [6.45, 7) is 3.33. The van der Waals surface area contributed by atoms with Crippen LogP contribution in [-0.4, -0.2) is 40.0 Å². The Morgan fingerprint density at radius 1 is 1.39 bits per heavy atom. The standard InChI is InChI=1S/C14H22N2O2/c1-17-10-13(18-2)9-15-8-12-5-3-4-11-6-7-16-14(11)12/h3-5,13,15-16H,6-10H2,1-2H3. The fourth-order valence-electron chi connectivity index (χ4n) is 2.32. The van der Waals surface area contributed by atoms with E-state index < -0.39 is 0 Å². The van der Waals surface area contributed by atoms with E-state index in [4.69, 9.17) is 9.47 Å². The summed E-state index contributed by atoms with van der Waals surface area (Å²) < 4.78 is 10.4. The van der Waals surface area contributed by atoms with E-state index in [0.717, 1.165) is 26.1 Å². The molecule has 0 radical (unpaired) electrons. The first-order chi connectivity index (χ1) is 8.85. The van der Waals surface area contributed by atoms with Crippen molar-refractivity contribution in [3.8, 4) is 0 Å². The molecule has 18 heavy (non-hydrogen) atoms. The lowest BCUT2D eigenvalue weighted by molar-refractivity contribution is 0.0288. The summed E-state index contributed by atoms with van der Waals surface area (Å²) in [5, 5.41) is 6.87. The summed E-state index contributed by atoms with van der Waals surface area (Å²) in [5.41, 5.74) is 4.07. The van der Waals surface area contributed by atoms with Crippen LogP contribution in [0.25, 0.3) is 0 Å². The number of fused-ring (bicyclic) bond motifs is 1. The Bertz CT molecular complexity index is 382. The molecule has 0 spiro atoms. The number of anilines is 1. The lowest BCUT2D eigenvalue weighted by Crippen LogP contribution is -2.31. The van der Waals surface area contributed by atoms with Crippen LogP contribution in [0.5, 0.6) is 0 Å². The van der Waals surface area contributed by atoms with Crippen molar-refractivity contribution in [3.05, 3.63) is 29.3 Å². The molecule has 1 aliphatic rings. The molecule has 0 amide bonds. The number of nitrogens with one attached hydrogen (secondary N) is 2. The van der Waals surface area contributed by atoms with Gasteiger partial charge in [0.2, 0.25) is 0 Å². The van der Waals surface area contributed by atoms with Crippen molar-refractivity contribution < 1.29 is 9.47 Å². The van der Waals surface area contributed by atoms with Gasteiger partial charge in [0.25, 0.3) is 0 Å². The molecule has 2 rings (SSSR count). The monoisotopic (exact) mass is 250 g/mol. The molecule has 0 bridgehead atoms. The molecule has 1 aromatic rings. The van der Waals surface area contributed by atoms with Gasteiger partial charge in [-0.2, -0.15) is 0 Å². The summed E-state index contributed by atoms with van der Waals surface area (Å²) in [6.07, 6.45) is 1.24.